The van der Waals surface area contributed by atoms with Gasteiger partial charge in [-0.15, -0.1) is 0 Å². The highest BCUT2D eigenvalue weighted by atomic mass is 16.5. The number of benzene rings is 1. The summed E-state index contributed by atoms with van der Waals surface area (Å²) in [6, 6.07) is 8.03. The molecule has 1 aliphatic heterocycles. The fraction of sp³-hybridized carbons (Fsp3) is 0.562. The van der Waals surface area contributed by atoms with Crippen LogP contribution in [0.1, 0.15) is 26.3 Å². The van der Waals surface area contributed by atoms with Crippen LogP contribution < -0.4 is 4.74 Å². The van der Waals surface area contributed by atoms with Crippen LogP contribution >= 0.6 is 0 Å². The first-order valence-corrected chi connectivity index (χ1v) is 7.23. The van der Waals surface area contributed by atoms with E-state index in [-0.39, 0.29) is 17.9 Å². The van der Waals surface area contributed by atoms with Crippen LogP contribution in [0, 0.1) is 5.92 Å². The summed E-state index contributed by atoms with van der Waals surface area (Å²) in [7, 11) is 0. The zero-order chi connectivity index (χ0) is 14.7. The molecule has 1 fully saturated rings. The number of likely N-dealkylation sites (tertiary alicyclic amines) is 1. The van der Waals surface area contributed by atoms with E-state index >= 15 is 0 Å². The molecule has 0 saturated carbocycles. The smallest absolute Gasteiger partial charge is 0.251 e. The molecule has 0 bridgehead atoms. The fourth-order valence-electron chi connectivity index (χ4n) is 2.20. The minimum Gasteiger partial charge on any atom is -0.487 e. The molecule has 0 aliphatic carbocycles. The van der Waals surface area contributed by atoms with Crippen molar-refractivity contribution in [2.75, 3.05) is 13.1 Å². The van der Waals surface area contributed by atoms with Gasteiger partial charge in [0.05, 0.1) is 13.1 Å². The van der Waals surface area contributed by atoms with Gasteiger partial charge in [0.2, 0.25) is 0 Å². The predicted octanol–water partition coefficient (Wildman–Crippen LogP) is 1.86. The van der Waals surface area contributed by atoms with Crippen molar-refractivity contribution < 1.29 is 14.6 Å². The van der Waals surface area contributed by atoms with E-state index in [0.29, 0.717) is 13.1 Å². The van der Waals surface area contributed by atoms with Crippen LogP contribution in [0.5, 0.6) is 5.75 Å². The molecule has 1 atom stereocenters. The van der Waals surface area contributed by atoms with Gasteiger partial charge in [-0.1, -0.05) is 32.9 Å². The lowest BCUT2D eigenvalue weighted by atomic mass is 10.0. The summed E-state index contributed by atoms with van der Waals surface area (Å²) >= 11 is 0. The lowest BCUT2D eigenvalue weighted by Gasteiger charge is -2.40. The van der Waals surface area contributed by atoms with Crippen molar-refractivity contribution in [1.29, 1.82) is 0 Å². The molecule has 1 N–H and O–H groups in total. The van der Waals surface area contributed by atoms with Crippen molar-refractivity contribution in [3.63, 3.8) is 0 Å². The van der Waals surface area contributed by atoms with E-state index in [4.69, 9.17) is 4.74 Å². The van der Waals surface area contributed by atoms with Crippen molar-refractivity contribution >= 4 is 5.91 Å². The summed E-state index contributed by atoms with van der Waals surface area (Å²) < 4.78 is 5.84. The summed E-state index contributed by atoms with van der Waals surface area (Å²) in [5.41, 5.74) is 1.24. The number of rotatable bonds is 5. The Balaban J connectivity index is 1.83. The van der Waals surface area contributed by atoms with Crippen LogP contribution in [0.3, 0.4) is 0 Å². The van der Waals surface area contributed by atoms with Crippen molar-refractivity contribution in [2.24, 2.45) is 5.92 Å². The van der Waals surface area contributed by atoms with Crippen molar-refractivity contribution in [2.45, 2.75) is 39.4 Å². The number of ether oxygens (including phenoxy) is 1. The molecular formula is C16H23NO3. The average molecular weight is 277 g/mol. The van der Waals surface area contributed by atoms with Crippen LogP contribution in [0.2, 0.25) is 0 Å². The van der Waals surface area contributed by atoms with E-state index in [1.54, 1.807) is 4.90 Å². The monoisotopic (exact) mass is 277 g/mol. The van der Waals surface area contributed by atoms with E-state index in [2.05, 4.69) is 13.0 Å². The molecule has 1 amide bonds. The van der Waals surface area contributed by atoms with Gasteiger partial charge in [0, 0.05) is 0 Å². The third kappa shape index (κ3) is 3.31. The Morgan fingerprint density at radius 1 is 1.45 bits per heavy atom. The summed E-state index contributed by atoms with van der Waals surface area (Å²) in [5, 5.41) is 9.74. The van der Waals surface area contributed by atoms with Gasteiger partial charge >= 0.3 is 0 Å². The summed E-state index contributed by atoms with van der Waals surface area (Å²) in [6.45, 7) is 6.90. The van der Waals surface area contributed by atoms with Gasteiger partial charge in [0.1, 0.15) is 18.0 Å². The van der Waals surface area contributed by atoms with Gasteiger partial charge in [-0.25, -0.2) is 0 Å². The molecule has 4 heteroatoms. The number of hydrogen-bond acceptors (Lipinski definition) is 3. The molecule has 1 aromatic rings. The predicted molar refractivity (Wildman–Crippen MR) is 77.7 cm³/mol. The lowest BCUT2D eigenvalue weighted by Crippen LogP contribution is -2.59. The van der Waals surface area contributed by atoms with E-state index in [1.165, 1.54) is 5.56 Å². The molecule has 4 nitrogen and oxygen atoms in total. The Morgan fingerprint density at radius 3 is 2.75 bits per heavy atom. The maximum Gasteiger partial charge on any atom is 0.251 e. The SMILES string of the molecule is CCc1cccc(OC2CN(C(=O)[C@@H](O)C(C)C)C2)c1. The second kappa shape index (κ2) is 6.27. The molecule has 0 aromatic heterocycles. The Hall–Kier alpha value is -1.55. The minimum atomic E-state index is -0.903. The topological polar surface area (TPSA) is 49.8 Å². The first-order valence-electron chi connectivity index (χ1n) is 7.23. The van der Waals surface area contributed by atoms with Crippen LogP contribution in [0.4, 0.5) is 0 Å². The average Bonchev–Trinajstić information content (AvgIpc) is 2.41. The number of amides is 1. The van der Waals surface area contributed by atoms with Crippen LogP contribution in [-0.4, -0.2) is 41.2 Å². The van der Waals surface area contributed by atoms with Crippen LogP contribution in [-0.2, 0) is 11.2 Å². The Kier molecular flexibility index (Phi) is 4.65. The normalized spacial score (nSPS) is 16.9. The highest BCUT2D eigenvalue weighted by molar-refractivity contribution is 5.81. The van der Waals surface area contributed by atoms with Crippen LogP contribution in [0.25, 0.3) is 0 Å². The highest BCUT2D eigenvalue weighted by Gasteiger charge is 2.36. The number of hydrogen-bond donors (Lipinski definition) is 1. The van der Waals surface area contributed by atoms with Gasteiger partial charge in [0.15, 0.2) is 0 Å². The van der Waals surface area contributed by atoms with Crippen LogP contribution in [0.15, 0.2) is 24.3 Å². The van der Waals surface area contributed by atoms with Gasteiger partial charge in [-0.2, -0.15) is 0 Å². The van der Waals surface area contributed by atoms with Crippen molar-refractivity contribution in [3.05, 3.63) is 29.8 Å². The van der Waals surface area contributed by atoms with Gasteiger partial charge < -0.3 is 14.7 Å². The zero-order valence-electron chi connectivity index (χ0n) is 12.4. The fourth-order valence-corrected chi connectivity index (χ4v) is 2.20. The number of aryl methyl sites for hydroxylation is 1. The van der Waals surface area contributed by atoms with Crippen molar-refractivity contribution in [1.82, 2.24) is 4.90 Å². The van der Waals surface area contributed by atoms with E-state index in [9.17, 15) is 9.90 Å². The minimum absolute atomic E-state index is 0.0328. The van der Waals surface area contributed by atoms with Gasteiger partial charge in [-0.3, -0.25) is 4.79 Å². The highest BCUT2D eigenvalue weighted by Crippen LogP contribution is 2.21. The maximum absolute atomic E-state index is 11.9. The molecule has 1 saturated heterocycles. The summed E-state index contributed by atoms with van der Waals surface area (Å²) in [5.74, 6) is 0.608. The largest absolute Gasteiger partial charge is 0.487 e. The van der Waals surface area contributed by atoms with E-state index < -0.39 is 6.10 Å². The molecule has 2 rings (SSSR count). The third-order valence-electron chi connectivity index (χ3n) is 3.65. The molecule has 0 spiro atoms. The molecule has 110 valence electrons. The third-order valence-corrected chi connectivity index (χ3v) is 3.65. The lowest BCUT2D eigenvalue weighted by molar-refractivity contribution is -0.151. The number of nitrogens with zero attached hydrogens (tertiary/aromatic N) is 1. The Morgan fingerprint density at radius 2 is 2.15 bits per heavy atom. The summed E-state index contributed by atoms with van der Waals surface area (Å²) in [6.07, 6.45) is 0.109. The molecule has 1 heterocycles. The van der Waals surface area contributed by atoms with E-state index in [1.807, 2.05) is 32.0 Å². The van der Waals surface area contributed by atoms with E-state index in [0.717, 1.165) is 12.2 Å². The molecule has 1 aliphatic rings. The first-order chi connectivity index (χ1) is 9.51. The number of aliphatic hydroxyl groups excluding tert-OH is 1. The second-order valence-corrected chi connectivity index (χ2v) is 5.67. The maximum atomic E-state index is 11.9. The van der Waals surface area contributed by atoms with Gasteiger partial charge in [-0.05, 0) is 30.0 Å². The number of carbonyl (C=O) groups is 1. The first kappa shape index (κ1) is 14.9. The molecular weight excluding hydrogens is 254 g/mol. The Labute approximate surface area is 120 Å². The van der Waals surface area contributed by atoms with Gasteiger partial charge in [0.25, 0.3) is 5.91 Å². The molecule has 0 unspecified atom stereocenters. The molecule has 0 radical (unpaired) electrons. The standard InChI is InChI=1S/C16H23NO3/c1-4-12-6-5-7-13(8-12)20-14-9-17(10-14)16(19)15(18)11(2)3/h5-8,11,14-15,18H,4,9-10H2,1-3H3/t15-/m0/s1. The second-order valence-electron chi connectivity index (χ2n) is 5.67. The zero-order valence-corrected chi connectivity index (χ0v) is 12.4. The number of carbonyl (C=O) groups excluding carboxylic acids is 1. The molecule has 1 aromatic carbocycles. The number of aliphatic hydroxyl groups is 1. The quantitative estimate of drug-likeness (QED) is 0.893. The van der Waals surface area contributed by atoms with Crippen molar-refractivity contribution in [3.8, 4) is 5.75 Å². The summed E-state index contributed by atoms with van der Waals surface area (Å²) in [4.78, 5) is 13.5. The Bertz CT molecular complexity index is 467. The molecule has 20 heavy (non-hydrogen) atoms.